The van der Waals surface area contributed by atoms with Crippen LogP contribution in [0, 0.1) is 12.3 Å². The molecule has 0 atom stereocenters. The van der Waals surface area contributed by atoms with E-state index in [1.807, 2.05) is 0 Å². The minimum Gasteiger partial charge on any atom is -0.375 e. The molecule has 0 fully saturated rings. The Morgan fingerprint density at radius 2 is 1.55 bits per heavy atom. The van der Waals surface area contributed by atoms with E-state index in [1.165, 1.54) is 0 Å². The van der Waals surface area contributed by atoms with Gasteiger partial charge in [0.25, 0.3) is 0 Å². The first-order valence-electron chi connectivity index (χ1n) is 4.20. The van der Waals surface area contributed by atoms with E-state index >= 15 is 0 Å². The molecule has 67 valence electrons. The van der Waals surface area contributed by atoms with Gasteiger partial charge in [-0.05, 0) is 32.6 Å². The van der Waals surface area contributed by atoms with Crippen molar-refractivity contribution in [2.75, 3.05) is 6.61 Å². The SMILES string of the molecule is [CH2]CC(C)(C)COC(C)(C)C. The normalized spacial score (nSPS) is 13.6. The highest BCUT2D eigenvalue weighted by molar-refractivity contribution is 4.71. The molecule has 0 N–H and O–H groups in total. The van der Waals surface area contributed by atoms with Crippen molar-refractivity contribution in [2.24, 2.45) is 5.41 Å². The second-order valence-corrected chi connectivity index (χ2v) is 4.82. The summed E-state index contributed by atoms with van der Waals surface area (Å²) >= 11 is 0. The molecular weight excluding hydrogens is 136 g/mol. The van der Waals surface area contributed by atoms with Gasteiger partial charge in [0.1, 0.15) is 0 Å². The zero-order chi connectivity index (χ0) is 9.12. The van der Waals surface area contributed by atoms with Crippen LogP contribution in [0.5, 0.6) is 0 Å². The lowest BCUT2D eigenvalue weighted by Crippen LogP contribution is -2.27. The molecule has 0 aromatic rings. The van der Waals surface area contributed by atoms with Gasteiger partial charge >= 0.3 is 0 Å². The maximum absolute atomic E-state index is 5.64. The van der Waals surface area contributed by atoms with Crippen molar-refractivity contribution < 1.29 is 4.74 Å². The Morgan fingerprint density at radius 3 is 1.82 bits per heavy atom. The van der Waals surface area contributed by atoms with Gasteiger partial charge in [-0.25, -0.2) is 0 Å². The lowest BCUT2D eigenvalue weighted by molar-refractivity contribution is -0.0422. The molecule has 0 amide bonds. The molecule has 0 spiro atoms. The lowest BCUT2D eigenvalue weighted by Gasteiger charge is -2.28. The summed E-state index contributed by atoms with van der Waals surface area (Å²) in [7, 11) is 0. The molecule has 11 heavy (non-hydrogen) atoms. The number of hydrogen-bond donors (Lipinski definition) is 0. The van der Waals surface area contributed by atoms with Crippen molar-refractivity contribution in [1.82, 2.24) is 0 Å². The van der Waals surface area contributed by atoms with Crippen LogP contribution in [0.2, 0.25) is 0 Å². The minimum atomic E-state index is -0.0214. The molecule has 1 heteroatoms. The molecular formula is C10H21O. The monoisotopic (exact) mass is 157 g/mol. The van der Waals surface area contributed by atoms with Crippen LogP contribution in [0.3, 0.4) is 0 Å². The van der Waals surface area contributed by atoms with Gasteiger partial charge in [-0.15, -0.1) is 0 Å². The molecule has 1 nitrogen and oxygen atoms in total. The van der Waals surface area contributed by atoms with Crippen LogP contribution in [0.4, 0.5) is 0 Å². The van der Waals surface area contributed by atoms with Crippen molar-refractivity contribution in [3.05, 3.63) is 6.92 Å². The van der Waals surface area contributed by atoms with E-state index in [9.17, 15) is 0 Å². The van der Waals surface area contributed by atoms with Crippen molar-refractivity contribution >= 4 is 0 Å². The van der Waals surface area contributed by atoms with Gasteiger partial charge in [0.05, 0.1) is 12.2 Å². The van der Waals surface area contributed by atoms with E-state index in [1.54, 1.807) is 0 Å². The van der Waals surface area contributed by atoms with Crippen LogP contribution in [0.15, 0.2) is 0 Å². The lowest BCUT2D eigenvalue weighted by atomic mass is 9.91. The molecule has 0 aliphatic heterocycles. The fraction of sp³-hybridized carbons (Fsp3) is 0.900. The Hall–Kier alpha value is -0.0400. The number of rotatable bonds is 3. The summed E-state index contributed by atoms with van der Waals surface area (Å²) in [6.07, 6.45) is 0.920. The van der Waals surface area contributed by atoms with E-state index in [4.69, 9.17) is 4.74 Å². The molecule has 0 aliphatic rings. The third-order valence-corrected chi connectivity index (χ3v) is 1.57. The van der Waals surface area contributed by atoms with Crippen LogP contribution >= 0.6 is 0 Å². The van der Waals surface area contributed by atoms with Crippen LogP contribution in [0.1, 0.15) is 41.0 Å². The minimum absolute atomic E-state index is 0.0214. The zero-order valence-electron chi connectivity index (χ0n) is 8.53. The summed E-state index contributed by atoms with van der Waals surface area (Å²) in [5, 5.41) is 0. The van der Waals surface area contributed by atoms with Gasteiger partial charge in [0.2, 0.25) is 0 Å². The number of ether oxygens (including phenoxy) is 1. The first-order valence-corrected chi connectivity index (χ1v) is 4.20. The Morgan fingerprint density at radius 1 is 1.09 bits per heavy atom. The van der Waals surface area contributed by atoms with Crippen molar-refractivity contribution in [3.8, 4) is 0 Å². The highest BCUT2D eigenvalue weighted by Crippen LogP contribution is 2.22. The molecule has 1 radical (unpaired) electrons. The third-order valence-electron chi connectivity index (χ3n) is 1.57. The van der Waals surface area contributed by atoms with Crippen molar-refractivity contribution in [1.29, 1.82) is 0 Å². The molecule has 0 heterocycles. The summed E-state index contributed by atoms with van der Waals surface area (Å²) in [6, 6.07) is 0. The quantitative estimate of drug-likeness (QED) is 0.612. The van der Waals surface area contributed by atoms with Gasteiger partial charge < -0.3 is 4.74 Å². The summed E-state index contributed by atoms with van der Waals surface area (Å²) in [5.41, 5.74) is 0.194. The summed E-state index contributed by atoms with van der Waals surface area (Å²) in [5.74, 6) is 0. The summed E-state index contributed by atoms with van der Waals surface area (Å²) in [4.78, 5) is 0. The van der Waals surface area contributed by atoms with Crippen molar-refractivity contribution in [3.63, 3.8) is 0 Å². The third kappa shape index (κ3) is 6.36. The molecule has 0 saturated carbocycles. The molecule has 0 aromatic carbocycles. The molecule has 0 saturated heterocycles. The Kier molecular flexibility index (Phi) is 3.56. The Labute approximate surface area is 71.1 Å². The summed E-state index contributed by atoms with van der Waals surface area (Å²) < 4.78 is 5.64. The van der Waals surface area contributed by atoms with Gasteiger partial charge in [-0.2, -0.15) is 0 Å². The standard InChI is InChI=1S/C10H21O/c1-7-10(5,6)8-11-9(2,3)4/h1,7-8H2,2-6H3. The highest BCUT2D eigenvalue weighted by Gasteiger charge is 2.19. The van der Waals surface area contributed by atoms with E-state index < -0.39 is 0 Å². The van der Waals surface area contributed by atoms with E-state index in [2.05, 4.69) is 41.5 Å². The fourth-order valence-corrected chi connectivity index (χ4v) is 0.484. The first-order chi connectivity index (χ1) is 4.77. The van der Waals surface area contributed by atoms with Gasteiger partial charge in [0.15, 0.2) is 0 Å². The highest BCUT2D eigenvalue weighted by atomic mass is 16.5. The largest absolute Gasteiger partial charge is 0.375 e. The molecule has 0 aromatic heterocycles. The van der Waals surface area contributed by atoms with Gasteiger partial charge in [0, 0.05) is 0 Å². The predicted octanol–water partition coefficient (Wildman–Crippen LogP) is 3.05. The van der Waals surface area contributed by atoms with E-state index in [0.29, 0.717) is 0 Å². The van der Waals surface area contributed by atoms with Crippen LogP contribution in [-0.2, 0) is 4.74 Å². The average Bonchev–Trinajstić information content (AvgIpc) is 1.83. The maximum Gasteiger partial charge on any atom is 0.0598 e. The predicted molar refractivity (Wildman–Crippen MR) is 49.5 cm³/mol. The fourth-order valence-electron chi connectivity index (χ4n) is 0.484. The Balaban J connectivity index is 3.70. The van der Waals surface area contributed by atoms with Crippen molar-refractivity contribution in [2.45, 2.75) is 46.6 Å². The number of hydrogen-bond acceptors (Lipinski definition) is 1. The van der Waals surface area contributed by atoms with Crippen LogP contribution < -0.4 is 0 Å². The summed E-state index contributed by atoms with van der Waals surface area (Å²) in [6.45, 7) is 15.2. The van der Waals surface area contributed by atoms with Gasteiger partial charge in [-0.1, -0.05) is 20.8 Å². The molecule has 0 bridgehead atoms. The first kappa shape index (κ1) is 11.0. The van der Waals surface area contributed by atoms with E-state index in [-0.39, 0.29) is 11.0 Å². The van der Waals surface area contributed by atoms with E-state index in [0.717, 1.165) is 13.0 Å². The topological polar surface area (TPSA) is 9.23 Å². The molecule has 0 aliphatic carbocycles. The molecule has 0 unspecified atom stereocenters. The smallest absolute Gasteiger partial charge is 0.0598 e. The second-order valence-electron chi connectivity index (χ2n) is 4.82. The maximum atomic E-state index is 5.64. The van der Waals surface area contributed by atoms with Crippen LogP contribution in [-0.4, -0.2) is 12.2 Å². The zero-order valence-corrected chi connectivity index (χ0v) is 8.53. The van der Waals surface area contributed by atoms with Crippen LogP contribution in [0.25, 0.3) is 0 Å². The Bertz CT molecular complexity index is 109. The average molecular weight is 157 g/mol. The molecule has 0 rings (SSSR count). The van der Waals surface area contributed by atoms with Gasteiger partial charge in [-0.3, -0.25) is 0 Å². The second kappa shape index (κ2) is 3.57.